The molecule has 0 N–H and O–H groups in total. The van der Waals surface area contributed by atoms with Crippen LogP contribution in [0.1, 0.15) is 11.1 Å². The molecule has 0 bridgehead atoms. The highest BCUT2D eigenvalue weighted by molar-refractivity contribution is 7.99. The zero-order valence-electron chi connectivity index (χ0n) is 17.0. The van der Waals surface area contributed by atoms with Crippen LogP contribution in [0.15, 0.2) is 88.4 Å². The standard InChI is InChI=1S/C25H18N4OS/c1-17-11-18(2)16-28(15-17)22(12-19(13-26)14-27)25(30)29-20-7-3-5-9-23(20)31-24-10-6-4-8-21(24)29/h3-12,15-16H,1-2H3/b22-12-. The number of benzene rings is 2. The summed E-state index contributed by atoms with van der Waals surface area (Å²) in [6.07, 6.45) is 4.99. The Balaban J connectivity index is 1.95. The number of aryl methyl sites for hydroxylation is 2. The number of carbonyl (C=O) groups excluding carboxylic acids is 1. The molecular weight excluding hydrogens is 404 g/mol. The Labute approximate surface area is 185 Å². The smallest absolute Gasteiger partial charge is 0.328 e. The average molecular weight is 423 g/mol. The molecule has 1 amide bonds. The molecule has 31 heavy (non-hydrogen) atoms. The molecule has 0 atom stereocenters. The van der Waals surface area contributed by atoms with Crippen LogP contribution in [0.5, 0.6) is 0 Å². The number of para-hydroxylation sites is 2. The normalized spacial score (nSPS) is 12.3. The quantitative estimate of drug-likeness (QED) is 0.197. The third-order valence-electron chi connectivity index (χ3n) is 4.80. The van der Waals surface area contributed by atoms with Gasteiger partial charge in [0.05, 0.1) is 16.9 Å². The molecule has 0 unspecified atom stereocenters. The molecular formula is C25H18N4OS. The molecule has 4 rings (SSSR count). The van der Waals surface area contributed by atoms with Gasteiger partial charge in [0.2, 0.25) is 0 Å². The number of nitriles is 1. The molecule has 0 spiro atoms. The van der Waals surface area contributed by atoms with Crippen LogP contribution in [-0.2, 0) is 4.79 Å². The van der Waals surface area contributed by atoms with Crippen LogP contribution < -0.4 is 9.47 Å². The van der Waals surface area contributed by atoms with E-state index in [9.17, 15) is 15.5 Å². The lowest BCUT2D eigenvalue weighted by Gasteiger charge is -2.30. The monoisotopic (exact) mass is 422 g/mol. The fourth-order valence-corrected chi connectivity index (χ4v) is 4.62. The maximum absolute atomic E-state index is 14.0. The SMILES string of the molecule is Cc1cc(C)c[n+](/C(=C\C(=C=[N-])C#N)C(=O)N2c3ccccc3Sc3ccccc32)c1. The minimum Gasteiger partial charge on any atom is -0.762 e. The van der Waals surface area contributed by atoms with Crippen LogP contribution in [-0.4, -0.2) is 11.8 Å². The summed E-state index contributed by atoms with van der Waals surface area (Å²) in [5.74, 6) is 1.55. The number of rotatable bonds is 3. The van der Waals surface area contributed by atoms with Crippen LogP contribution in [0.4, 0.5) is 11.4 Å². The molecule has 0 aliphatic carbocycles. The minimum absolute atomic E-state index is 0.136. The van der Waals surface area contributed by atoms with Crippen LogP contribution in [0, 0.1) is 25.2 Å². The van der Waals surface area contributed by atoms with Gasteiger partial charge in [-0.1, -0.05) is 36.0 Å². The van der Waals surface area contributed by atoms with Crippen molar-refractivity contribution in [3.05, 3.63) is 95.2 Å². The third-order valence-corrected chi connectivity index (χ3v) is 5.93. The van der Waals surface area contributed by atoms with Gasteiger partial charge >= 0.3 is 5.91 Å². The molecule has 5 nitrogen and oxygen atoms in total. The molecule has 3 aromatic rings. The molecule has 2 heterocycles. The zero-order chi connectivity index (χ0) is 22.0. The largest absolute Gasteiger partial charge is 0.762 e. The predicted molar refractivity (Wildman–Crippen MR) is 122 cm³/mol. The van der Waals surface area contributed by atoms with Crippen molar-refractivity contribution < 1.29 is 9.36 Å². The van der Waals surface area contributed by atoms with Crippen molar-refractivity contribution in [2.45, 2.75) is 23.6 Å². The molecule has 2 aromatic carbocycles. The van der Waals surface area contributed by atoms with Crippen molar-refractivity contribution in [2.24, 2.45) is 0 Å². The van der Waals surface area contributed by atoms with Crippen molar-refractivity contribution in [3.63, 3.8) is 0 Å². The van der Waals surface area contributed by atoms with Crippen molar-refractivity contribution in [1.82, 2.24) is 0 Å². The van der Waals surface area contributed by atoms with E-state index in [4.69, 9.17) is 0 Å². The molecule has 1 aliphatic heterocycles. The summed E-state index contributed by atoms with van der Waals surface area (Å²) in [5, 5.41) is 18.7. The van der Waals surface area contributed by atoms with Crippen LogP contribution in [0.2, 0.25) is 0 Å². The van der Waals surface area contributed by atoms with E-state index in [2.05, 4.69) is 0 Å². The fraction of sp³-hybridized carbons (Fsp3) is 0.0800. The third kappa shape index (κ3) is 3.93. The number of nitrogens with zero attached hydrogens (tertiary/aromatic N) is 4. The Hall–Kier alpha value is -3.91. The average Bonchev–Trinajstić information content (AvgIpc) is 2.77. The van der Waals surface area contributed by atoms with Gasteiger partial charge in [-0.05, 0) is 44.2 Å². The van der Waals surface area contributed by atoms with Gasteiger partial charge in [0, 0.05) is 27.0 Å². The van der Waals surface area contributed by atoms with Gasteiger partial charge in [-0.2, -0.15) is 9.83 Å². The first-order chi connectivity index (χ1) is 15.0. The zero-order valence-corrected chi connectivity index (χ0v) is 17.9. The first-order valence-electron chi connectivity index (χ1n) is 9.61. The van der Waals surface area contributed by atoms with Crippen molar-refractivity contribution in [2.75, 3.05) is 4.90 Å². The van der Waals surface area contributed by atoms with E-state index in [0.717, 1.165) is 32.3 Å². The second-order valence-corrected chi connectivity index (χ2v) is 8.23. The Kier molecular flexibility index (Phi) is 5.55. The summed E-state index contributed by atoms with van der Waals surface area (Å²) in [6, 6.07) is 19.3. The Morgan fingerprint density at radius 3 is 2.10 bits per heavy atom. The van der Waals surface area contributed by atoms with Crippen molar-refractivity contribution in [1.29, 1.82) is 5.26 Å². The molecule has 0 fully saturated rings. The molecule has 1 aliphatic rings. The summed E-state index contributed by atoms with van der Waals surface area (Å²) in [4.78, 5) is 17.6. The maximum Gasteiger partial charge on any atom is 0.328 e. The van der Waals surface area contributed by atoms with Gasteiger partial charge in [-0.25, -0.2) is 0 Å². The number of fused-ring (bicyclic) bond motifs is 2. The van der Waals surface area contributed by atoms with Gasteiger partial charge in [0.15, 0.2) is 12.4 Å². The summed E-state index contributed by atoms with van der Waals surface area (Å²) >= 11 is 1.61. The summed E-state index contributed by atoms with van der Waals surface area (Å²) in [6.45, 7) is 3.87. The van der Waals surface area contributed by atoms with E-state index in [1.165, 1.54) is 6.08 Å². The number of aromatic nitrogens is 1. The maximum atomic E-state index is 14.0. The Morgan fingerprint density at radius 1 is 1.03 bits per heavy atom. The number of amides is 1. The number of allylic oxidation sites excluding steroid dienone is 2. The predicted octanol–water partition coefficient (Wildman–Crippen LogP) is 4.95. The topological polar surface area (TPSA) is 70.3 Å². The molecule has 0 radical (unpaired) electrons. The second-order valence-electron chi connectivity index (χ2n) is 7.14. The lowest BCUT2D eigenvalue weighted by atomic mass is 10.1. The number of anilines is 2. The lowest BCUT2D eigenvalue weighted by Crippen LogP contribution is -2.43. The number of hydrogen-bond donors (Lipinski definition) is 0. The van der Waals surface area contributed by atoms with Gasteiger partial charge < -0.3 is 5.41 Å². The molecule has 0 saturated heterocycles. The Bertz CT molecular complexity index is 1260. The highest BCUT2D eigenvalue weighted by Crippen LogP contribution is 2.48. The van der Waals surface area contributed by atoms with E-state index in [1.807, 2.05) is 92.8 Å². The van der Waals surface area contributed by atoms with E-state index in [-0.39, 0.29) is 17.2 Å². The number of pyridine rings is 1. The number of hydrogen-bond acceptors (Lipinski definition) is 3. The van der Waals surface area contributed by atoms with E-state index < -0.39 is 0 Å². The van der Waals surface area contributed by atoms with Crippen LogP contribution in [0.3, 0.4) is 0 Å². The lowest BCUT2D eigenvalue weighted by molar-refractivity contribution is -0.578. The molecule has 150 valence electrons. The van der Waals surface area contributed by atoms with E-state index in [1.54, 1.807) is 21.2 Å². The summed E-state index contributed by atoms with van der Waals surface area (Å²) < 4.78 is 1.69. The first kappa shape index (κ1) is 20.4. The van der Waals surface area contributed by atoms with E-state index in [0.29, 0.717) is 0 Å². The van der Waals surface area contributed by atoms with Crippen LogP contribution >= 0.6 is 11.8 Å². The van der Waals surface area contributed by atoms with Gasteiger partial charge in [-0.3, -0.25) is 15.6 Å². The van der Waals surface area contributed by atoms with Gasteiger partial charge in [0.1, 0.15) is 6.07 Å². The van der Waals surface area contributed by atoms with Gasteiger partial charge in [0.25, 0.3) is 5.70 Å². The van der Waals surface area contributed by atoms with Crippen molar-refractivity contribution >= 4 is 40.6 Å². The first-order valence-corrected chi connectivity index (χ1v) is 10.4. The fourth-order valence-electron chi connectivity index (χ4n) is 3.56. The highest BCUT2D eigenvalue weighted by atomic mass is 32.2. The molecule has 1 aromatic heterocycles. The van der Waals surface area contributed by atoms with Crippen molar-refractivity contribution in [3.8, 4) is 6.07 Å². The minimum atomic E-state index is -0.321. The summed E-state index contributed by atoms with van der Waals surface area (Å²) in [5.41, 5.74) is 3.54. The van der Waals surface area contributed by atoms with E-state index >= 15 is 0 Å². The summed E-state index contributed by atoms with van der Waals surface area (Å²) in [7, 11) is 0. The molecule has 6 heteroatoms. The second kappa shape index (κ2) is 8.45. The van der Waals surface area contributed by atoms with Gasteiger partial charge in [-0.15, -0.1) is 0 Å². The number of carbonyl (C=O) groups is 1. The van der Waals surface area contributed by atoms with Crippen LogP contribution in [0.25, 0.3) is 11.1 Å². The molecule has 0 saturated carbocycles. The Morgan fingerprint density at radius 2 is 1.58 bits per heavy atom. The highest BCUT2D eigenvalue weighted by Gasteiger charge is 2.34.